The zero-order valence-corrected chi connectivity index (χ0v) is 17.4. The number of carbonyl (C=O) groups is 3. The highest BCUT2D eigenvalue weighted by molar-refractivity contribution is 7.17. The number of nitrogens with two attached hydrogens (primary N) is 1. The van der Waals surface area contributed by atoms with Crippen molar-refractivity contribution in [2.45, 2.75) is 46.0 Å². The number of thiophene rings is 1. The Labute approximate surface area is 169 Å². The van der Waals surface area contributed by atoms with Crippen LogP contribution in [0.1, 0.15) is 53.9 Å². The molecule has 1 saturated heterocycles. The monoisotopic (exact) mass is 407 g/mol. The molecule has 0 unspecified atom stereocenters. The molecule has 0 spiro atoms. The van der Waals surface area contributed by atoms with E-state index in [4.69, 9.17) is 10.5 Å². The molecular weight excluding hydrogens is 378 g/mol. The molecular formula is C20H29N3O4S. The van der Waals surface area contributed by atoms with Gasteiger partial charge in [-0.05, 0) is 63.6 Å². The molecule has 154 valence electrons. The van der Waals surface area contributed by atoms with Crippen molar-refractivity contribution >= 4 is 34.1 Å². The summed E-state index contributed by atoms with van der Waals surface area (Å²) in [4.78, 5) is 39.6. The van der Waals surface area contributed by atoms with Gasteiger partial charge in [-0.15, -0.1) is 11.3 Å². The summed E-state index contributed by atoms with van der Waals surface area (Å²) in [5.41, 5.74) is 6.94. The van der Waals surface area contributed by atoms with Crippen molar-refractivity contribution in [1.82, 2.24) is 4.90 Å². The van der Waals surface area contributed by atoms with E-state index in [2.05, 4.69) is 12.2 Å². The summed E-state index contributed by atoms with van der Waals surface area (Å²) in [5.74, 6) is -0.277. The first-order valence-corrected chi connectivity index (χ1v) is 10.8. The van der Waals surface area contributed by atoms with E-state index in [1.165, 1.54) is 16.2 Å². The minimum absolute atomic E-state index is 0.0965. The minimum Gasteiger partial charge on any atom is -0.462 e. The van der Waals surface area contributed by atoms with E-state index in [1.807, 2.05) is 4.90 Å². The number of ether oxygens (including phenoxy) is 1. The van der Waals surface area contributed by atoms with Crippen LogP contribution in [0.4, 0.5) is 5.00 Å². The van der Waals surface area contributed by atoms with Crippen LogP contribution in [0, 0.1) is 11.8 Å². The largest absolute Gasteiger partial charge is 0.462 e. The Morgan fingerprint density at radius 3 is 2.61 bits per heavy atom. The summed E-state index contributed by atoms with van der Waals surface area (Å²) in [6, 6.07) is 0. The molecule has 0 bridgehead atoms. The van der Waals surface area contributed by atoms with Gasteiger partial charge in [-0.1, -0.05) is 6.92 Å². The average Bonchev–Trinajstić information content (AvgIpc) is 2.98. The molecule has 1 aliphatic heterocycles. The Balaban J connectivity index is 1.68. The molecule has 0 aromatic carbocycles. The van der Waals surface area contributed by atoms with Crippen molar-refractivity contribution < 1.29 is 19.1 Å². The lowest BCUT2D eigenvalue weighted by atomic mass is 9.88. The summed E-state index contributed by atoms with van der Waals surface area (Å²) >= 11 is 1.50. The molecule has 1 fully saturated rings. The Bertz CT molecular complexity index is 753. The van der Waals surface area contributed by atoms with E-state index in [0.717, 1.165) is 24.8 Å². The maximum Gasteiger partial charge on any atom is 0.341 e. The Hall–Kier alpha value is -1.93. The topological polar surface area (TPSA) is 102 Å². The van der Waals surface area contributed by atoms with Crippen LogP contribution >= 0.6 is 11.3 Å². The molecule has 0 radical (unpaired) electrons. The SMILES string of the molecule is CCOC(=O)c1c(NC(=O)CN2CCC(C(N)=O)CC2)sc2c1CC[C@H](C)C2. The highest BCUT2D eigenvalue weighted by Crippen LogP contribution is 2.40. The number of primary amides is 1. The second kappa shape index (κ2) is 9.05. The molecule has 1 aromatic rings. The van der Waals surface area contributed by atoms with Gasteiger partial charge in [0, 0.05) is 10.8 Å². The van der Waals surface area contributed by atoms with Gasteiger partial charge in [-0.25, -0.2) is 4.79 Å². The lowest BCUT2D eigenvalue weighted by molar-refractivity contribution is -0.123. The first-order valence-electron chi connectivity index (χ1n) is 10.0. The maximum atomic E-state index is 12.6. The fourth-order valence-electron chi connectivity index (χ4n) is 4.00. The Morgan fingerprint density at radius 1 is 1.25 bits per heavy atom. The summed E-state index contributed by atoms with van der Waals surface area (Å²) in [6.07, 6.45) is 4.18. The summed E-state index contributed by atoms with van der Waals surface area (Å²) in [5, 5.41) is 3.55. The van der Waals surface area contributed by atoms with Crippen LogP contribution in [0.5, 0.6) is 0 Å². The van der Waals surface area contributed by atoms with E-state index < -0.39 is 0 Å². The number of amides is 2. The van der Waals surface area contributed by atoms with Gasteiger partial charge in [0.2, 0.25) is 11.8 Å². The van der Waals surface area contributed by atoms with E-state index in [1.54, 1.807) is 6.92 Å². The fourth-order valence-corrected chi connectivity index (χ4v) is 5.42. The van der Waals surface area contributed by atoms with E-state index in [-0.39, 0.29) is 30.2 Å². The molecule has 1 aliphatic carbocycles. The van der Waals surface area contributed by atoms with Crippen molar-refractivity contribution in [1.29, 1.82) is 0 Å². The quantitative estimate of drug-likeness (QED) is 0.704. The molecule has 8 heteroatoms. The van der Waals surface area contributed by atoms with Crippen LogP contribution in [-0.2, 0) is 27.2 Å². The number of carbonyl (C=O) groups excluding carboxylic acids is 3. The number of hydrogen-bond donors (Lipinski definition) is 2. The highest BCUT2D eigenvalue weighted by atomic mass is 32.1. The number of fused-ring (bicyclic) bond motifs is 1. The number of anilines is 1. The zero-order chi connectivity index (χ0) is 20.3. The molecule has 28 heavy (non-hydrogen) atoms. The zero-order valence-electron chi connectivity index (χ0n) is 16.6. The van der Waals surface area contributed by atoms with Crippen LogP contribution < -0.4 is 11.1 Å². The smallest absolute Gasteiger partial charge is 0.341 e. The molecule has 3 N–H and O–H groups in total. The average molecular weight is 408 g/mol. The van der Waals surface area contributed by atoms with Gasteiger partial charge in [0.05, 0.1) is 18.7 Å². The van der Waals surface area contributed by atoms with Crippen LogP contribution in [0.2, 0.25) is 0 Å². The third-order valence-electron chi connectivity index (χ3n) is 5.60. The second-order valence-corrected chi connectivity index (χ2v) is 8.88. The van der Waals surface area contributed by atoms with Gasteiger partial charge < -0.3 is 15.8 Å². The summed E-state index contributed by atoms with van der Waals surface area (Å²) in [6.45, 7) is 5.89. The number of nitrogens with one attached hydrogen (secondary N) is 1. The van der Waals surface area contributed by atoms with Crippen molar-refractivity contribution in [2.75, 3.05) is 31.6 Å². The third-order valence-corrected chi connectivity index (χ3v) is 6.77. The predicted molar refractivity (Wildman–Crippen MR) is 108 cm³/mol. The van der Waals surface area contributed by atoms with E-state index >= 15 is 0 Å². The van der Waals surface area contributed by atoms with Crippen LogP contribution in [-0.4, -0.2) is 48.9 Å². The predicted octanol–water partition coefficient (Wildman–Crippen LogP) is 2.19. The molecule has 2 aliphatic rings. The van der Waals surface area contributed by atoms with Crippen LogP contribution in [0.25, 0.3) is 0 Å². The molecule has 2 heterocycles. The fraction of sp³-hybridized carbons (Fsp3) is 0.650. The standard InChI is InChI=1S/C20H29N3O4S/c1-3-27-20(26)17-14-5-4-12(2)10-15(14)28-19(17)22-16(24)11-23-8-6-13(7-9-23)18(21)25/h12-13H,3-11H2,1-2H3,(H2,21,25)(H,22,24)/t12-/m0/s1. The molecule has 2 amide bonds. The number of piperidine rings is 1. The lowest BCUT2D eigenvalue weighted by Crippen LogP contribution is -2.42. The normalized spacial score (nSPS) is 20.4. The minimum atomic E-state index is -0.355. The number of rotatable bonds is 6. The van der Waals surface area contributed by atoms with Gasteiger partial charge >= 0.3 is 5.97 Å². The van der Waals surface area contributed by atoms with E-state index in [9.17, 15) is 14.4 Å². The van der Waals surface area contributed by atoms with Gasteiger partial charge in [0.1, 0.15) is 5.00 Å². The van der Waals surface area contributed by atoms with Gasteiger partial charge in [-0.2, -0.15) is 0 Å². The van der Waals surface area contributed by atoms with Gasteiger partial charge in [-0.3, -0.25) is 14.5 Å². The molecule has 1 atom stereocenters. The van der Waals surface area contributed by atoms with Crippen LogP contribution in [0.15, 0.2) is 0 Å². The van der Waals surface area contributed by atoms with Crippen LogP contribution in [0.3, 0.4) is 0 Å². The first-order chi connectivity index (χ1) is 13.4. The van der Waals surface area contributed by atoms with Gasteiger partial charge in [0.15, 0.2) is 0 Å². The summed E-state index contributed by atoms with van der Waals surface area (Å²) in [7, 11) is 0. The summed E-state index contributed by atoms with van der Waals surface area (Å²) < 4.78 is 5.25. The molecule has 3 rings (SSSR count). The molecule has 7 nitrogen and oxygen atoms in total. The number of nitrogens with zero attached hydrogens (tertiary/aromatic N) is 1. The highest BCUT2D eigenvalue weighted by Gasteiger charge is 2.30. The molecule has 1 aromatic heterocycles. The Morgan fingerprint density at radius 2 is 1.96 bits per heavy atom. The number of hydrogen-bond acceptors (Lipinski definition) is 6. The maximum absolute atomic E-state index is 12.6. The third kappa shape index (κ3) is 4.72. The number of likely N-dealkylation sites (tertiary alicyclic amines) is 1. The molecule has 0 saturated carbocycles. The lowest BCUT2D eigenvalue weighted by Gasteiger charge is -2.29. The van der Waals surface area contributed by atoms with Crippen molar-refractivity contribution in [3.05, 3.63) is 16.0 Å². The van der Waals surface area contributed by atoms with Gasteiger partial charge in [0.25, 0.3) is 0 Å². The second-order valence-electron chi connectivity index (χ2n) is 7.78. The van der Waals surface area contributed by atoms with Crippen molar-refractivity contribution in [2.24, 2.45) is 17.6 Å². The van der Waals surface area contributed by atoms with Crippen molar-refractivity contribution in [3.8, 4) is 0 Å². The Kier molecular flexibility index (Phi) is 6.72. The van der Waals surface area contributed by atoms with E-state index in [0.29, 0.717) is 49.0 Å². The van der Waals surface area contributed by atoms with Crippen molar-refractivity contribution in [3.63, 3.8) is 0 Å². The first kappa shape index (κ1) is 20.8. The number of esters is 1.